The molecule has 0 atom stereocenters. The third-order valence-electron chi connectivity index (χ3n) is 2.96. The highest BCUT2D eigenvalue weighted by Crippen LogP contribution is 2.38. The number of nitro benzene ring substituents is 1. The molecule has 0 unspecified atom stereocenters. The highest BCUT2D eigenvalue weighted by Gasteiger charge is 2.26. The number of nitrogens with zero attached hydrogens (tertiary/aromatic N) is 3. The van der Waals surface area contributed by atoms with Gasteiger partial charge >= 0.3 is 0 Å². The number of hydrogen-bond acceptors (Lipinski definition) is 9. The number of nitrogens with one attached hydrogen (secondary N) is 2. The summed E-state index contributed by atoms with van der Waals surface area (Å²) in [6.45, 7) is 11.0. The SMILES string of the molecule is CC(C)(C)Nc1nnc(Sc2ccc(S(=O)(=O)NC(C)(C)C)cc2[N+](=O)[O-])s1. The minimum absolute atomic E-state index is 0.161. The molecule has 28 heavy (non-hydrogen) atoms. The topological polar surface area (TPSA) is 127 Å². The van der Waals surface area contributed by atoms with E-state index in [-0.39, 0.29) is 21.0 Å². The molecule has 0 bridgehead atoms. The van der Waals surface area contributed by atoms with Crippen LogP contribution in [0, 0.1) is 10.1 Å². The van der Waals surface area contributed by atoms with Gasteiger partial charge in [-0.1, -0.05) is 11.3 Å². The van der Waals surface area contributed by atoms with Gasteiger partial charge < -0.3 is 5.32 Å². The third kappa shape index (κ3) is 6.40. The lowest BCUT2D eigenvalue weighted by Crippen LogP contribution is -2.40. The molecule has 1 aromatic carbocycles. The maximum absolute atomic E-state index is 12.5. The van der Waals surface area contributed by atoms with E-state index in [0.29, 0.717) is 9.47 Å². The molecule has 0 saturated heterocycles. The van der Waals surface area contributed by atoms with E-state index < -0.39 is 20.5 Å². The molecule has 0 radical (unpaired) electrons. The lowest BCUT2D eigenvalue weighted by molar-refractivity contribution is -0.388. The minimum atomic E-state index is -3.88. The van der Waals surface area contributed by atoms with Crippen LogP contribution in [-0.4, -0.2) is 34.6 Å². The van der Waals surface area contributed by atoms with Gasteiger partial charge in [0.15, 0.2) is 4.34 Å². The van der Waals surface area contributed by atoms with Crippen LogP contribution in [0.25, 0.3) is 0 Å². The summed E-state index contributed by atoms with van der Waals surface area (Å²) in [5, 5.41) is 23.4. The summed E-state index contributed by atoms with van der Waals surface area (Å²) in [5.41, 5.74) is -1.20. The quantitative estimate of drug-likeness (QED) is 0.506. The lowest BCUT2D eigenvalue weighted by atomic mass is 10.1. The van der Waals surface area contributed by atoms with Crippen molar-refractivity contribution < 1.29 is 13.3 Å². The molecule has 0 amide bonds. The van der Waals surface area contributed by atoms with Gasteiger partial charge in [0.1, 0.15) is 0 Å². The zero-order valence-corrected chi connectivity index (χ0v) is 18.9. The summed E-state index contributed by atoms with van der Waals surface area (Å²) in [5.74, 6) is 0. The Balaban J connectivity index is 2.33. The lowest BCUT2D eigenvalue weighted by Gasteiger charge is -2.20. The molecule has 0 aliphatic rings. The molecule has 9 nitrogen and oxygen atoms in total. The maximum atomic E-state index is 12.5. The van der Waals surface area contributed by atoms with Gasteiger partial charge in [-0.2, -0.15) is 0 Å². The van der Waals surface area contributed by atoms with Gasteiger partial charge in [0.25, 0.3) is 5.69 Å². The van der Waals surface area contributed by atoms with E-state index in [1.165, 1.54) is 23.5 Å². The van der Waals surface area contributed by atoms with E-state index in [9.17, 15) is 18.5 Å². The Morgan fingerprint density at radius 3 is 2.29 bits per heavy atom. The van der Waals surface area contributed by atoms with Crippen molar-refractivity contribution in [3.05, 3.63) is 28.3 Å². The smallest absolute Gasteiger partial charge is 0.284 e. The van der Waals surface area contributed by atoms with Crippen LogP contribution in [0.1, 0.15) is 41.5 Å². The van der Waals surface area contributed by atoms with Crippen LogP contribution in [0.15, 0.2) is 32.3 Å². The van der Waals surface area contributed by atoms with Gasteiger partial charge in [-0.15, -0.1) is 10.2 Å². The number of aromatic nitrogens is 2. The average molecular weight is 446 g/mol. The highest BCUT2D eigenvalue weighted by molar-refractivity contribution is 8.01. The van der Waals surface area contributed by atoms with E-state index in [1.54, 1.807) is 20.8 Å². The summed E-state index contributed by atoms with van der Waals surface area (Å²) in [4.78, 5) is 11.0. The standard InChI is InChI=1S/C16H23N5O4S3/c1-15(2,3)17-13-18-19-14(27-13)26-12-8-7-10(9-11(12)21(22)23)28(24,25)20-16(4,5)6/h7-9,20H,1-6H3,(H,17,18). The Morgan fingerprint density at radius 1 is 1.11 bits per heavy atom. The summed E-state index contributed by atoms with van der Waals surface area (Å²) >= 11 is 2.34. The van der Waals surface area contributed by atoms with E-state index in [4.69, 9.17) is 0 Å². The normalized spacial score (nSPS) is 12.8. The van der Waals surface area contributed by atoms with Crippen molar-refractivity contribution in [2.75, 3.05) is 5.32 Å². The van der Waals surface area contributed by atoms with Crippen molar-refractivity contribution in [2.24, 2.45) is 0 Å². The van der Waals surface area contributed by atoms with Gasteiger partial charge in [0, 0.05) is 17.1 Å². The molecular formula is C16H23N5O4S3. The molecule has 1 heterocycles. The van der Waals surface area contributed by atoms with Crippen LogP contribution in [0.2, 0.25) is 0 Å². The maximum Gasteiger partial charge on any atom is 0.284 e. The fourth-order valence-electron chi connectivity index (χ4n) is 2.07. The molecule has 0 saturated carbocycles. The van der Waals surface area contributed by atoms with Crippen molar-refractivity contribution in [3.8, 4) is 0 Å². The second-order valence-corrected chi connectivity index (χ2v) is 12.0. The fourth-order valence-corrected chi connectivity index (χ4v) is 5.51. The molecule has 154 valence electrons. The number of benzene rings is 1. The van der Waals surface area contributed by atoms with E-state index in [0.717, 1.165) is 17.8 Å². The first kappa shape index (κ1) is 22.5. The third-order valence-corrected chi connectivity index (χ3v) is 6.67. The zero-order valence-electron chi connectivity index (χ0n) is 16.4. The van der Waals surface area contributed by atoms with Crippen LogP contribution >= 0.6 is 23.1 Å². The van der Waals surface area contributed by atoms with Gasteiger partial charge in [0.05, 0.1) is 14.7 Å². The predicted molar refractivity (Wildman–Crippen MR) is 111 cm³/mol. The van der Waals surface area contributed by atoms with Gasteiger partial charge in [-0.25, -0.2) is 13.1 Å². The predicted octanol–water partition coefficient (Wildman–Crippen LogP) is 3.88. The Hall–Kier alpha value is -1.76. The first-order valence-electron chi connectivity index (χ1n) is 8.28. The molecule has 0 spiro atoms. The summed E-state index contributed by atoms with van der Waals surface area (Å²) in [7, 11) is -3.88. The van der Waals surface area contributed by atoms with Crippen molar-refractivity contribution in [3.63, 3.8) is 0 Å². The molecule has 0 aliphatic carbocycles. The second-order valence-electron chi connectivity index (χ2n) is 8.09. The molecule has 2 rings (SSSR count). The number of nitro groups is 1. The largest absolute Gasteiger partial charge is 0.355 e. The Morgan fingerprint density at radius 2 is 1.75 bits per heavy atom. The second kappa shape index (κ2) is 7.93. The molecule has 0 fully saturated rings. The van der Waals surface area contributed by atoms with E-state index in [1.807, 2.05) is 20.8 Å². The zero-order chi connectivity index (χ0) is 21.3. The van der Waals surface area contributed by atoms with Gasteiger partial charge in [0.2, 0.25) is 15.2 Å². The number of sulfonamides is 1. The molecule has 0 aliphatic heterocycles. The summed E-state index contributed by atoms with van der Waals surface area (Å²) in [6.07, 6.45) is 0. The Bertz CT molecular complexity index is 975. The summed E-state index contributed by atoms with van der Waals surface area (Å²) in [6, 6.07) is 3.82. The monoisotopic (exact) mass is 445 g/mol. The average Bonchev–Trinajstić information content (AvgIpc) is 2.89. The van der Waals surface area contributed by atoms with Crippen LogP contribution in [0.3, 0.4) is 0 Å². The molecular weight excluding hydrogens is 422 g/mol. The Kier molecular flexibility index (Phi) is 6.38. The first-order valence-corrected chi connectivity index (χ1v) is 11.4. The van der Waals surface area contributed by atoms with Crippen molar-refractivity contribution in [1.82, 2.24) is 14.9 Å². The highest BCUT2D eigenvalue weighted by atomic mass is 32.2. The van der Waals surface area contributed by atoms with Gasteiger partial charge in [-0.05, 0) is 65.4 Å². The number of hydrogen-bond donors (Lipinski definition) is 2. The molecule has 12 heteroatoms. The molecule has 2 aromatic rings. The number of anilines is 1. The number of rotatable bonds is 6. The summed E-state index contributed by atoms with van der Waals surface area (Å²) < 4.78 is 27.9. The van der Waals surface area contributed by atoms with Crippen molar-refractivity contribution in [1.29, 1.82) is 0 Å². The van der Waals surface area contributed by atoms with Crippen molar-refractivity contribution in [2.45, 2.75) is 66.8 Å². The fraction of sp³-hybridized carbons (Fsp3) is 0.500. The van der Waals surface area contributed by atoms with Crippen LogP contribution in [-0.2, 0) is 10.0 Å². The molecule has 1 aromatic heterocycles. The first-order chi connectivity index (χ1) is 12.7. The minimum Gasteiger partial charge on any atom is -0.355 e. The van der Waals surface area contributed by atoms with E-state index >= 15 is 0 Å². The Labute approximate surface area is 172 Å². The van der Waals surface area contributed by atoms with Crippen molar-refractivity contribution >= 4 is 43.9 Å². The molecule has 2 N–H and O–H groups in total. The van der Waals surface area contributed by atoms with Gasteiger partial charge in [-0.3, -0.25) is 10.1 Å². The van der Waals surface area contributed by atoms with Crippen LogP contribution in [0.5, 0.6) is 0 Å². The van der Waals surface area contributed by atoms with E-state index in [2.05, 4.69) is 20.2 Å². The van der Waals surface area contributed by atoms with Crippen LogP contribution in [0.4, 0.5) is 10.8 Å². The van der Waals surface area contributed by atoms with Crippen LogP contribution < -0.4 is 10.0 Å².